The Morgan fingerprint density at radius 2 is 1.47 bits per heavy atom. The summed E-state index contributed by atoms with van der Waals surface area (Å²) < 4.78 is 5.37. The Balaban J connectivity index is 1.55. The number of benzene rings is 1. The Morgan fingerprint density at radius 1 is 0.842 bits per heavy atom. The zero-order valence-electron chi connectivity index (χ0n) is 25.2. The molecule has 0 amide bonds. The van der Waals surface area contributed by atoms with Gasteiger partial charge in [0.1, 0.15) is 0 Å². The maximum absolute atomic E-state index is 12.4. The van der Waals surface area contributed by atoms with Crippen molar-refractivity contribution >= 4 is 5.97 Å². The van der Waals surface area contributed by atoms with Gasteiger partial charge in [-0.3, -0.25) is 9.69 Å². The summed E-state index contributed by atoms with van der Waals surface area (Å²) in [7, 11) is 0. The summed E-state index contributed by atoms with van der Waals surface area (Å²) in [5.41, 5.74) is 3.07. The second-order valence-corrected chi connectivity index (χ2v) is 14.0. The molecule has 0 N–H and O–H groups in total. The molecule has 3 fully saturated rings. The van der Waals surface area contributed by atoms with Crippen LogP contribution < -0.4 is 0 Å². The van der Waals surface area contributed by atoms with E-state index < -0.39 is 0 Å². The topological polar surface area (TPSA) is 29.5 Å². The van der Waals surface area contributed by atoms with E-state index in [1.54, 1.807) is 0 Å². The number of nitrogens with zero attached hydrogens (tertiary/aromatic N) is 1. The molecule has 1 aromatic carbocycles. The summed E-state index contributed by atoms with van der Waals surface area (Å²) in [5, 5.41) is 0. The Hall–Kier alpha value is -1.35. The third-order valence-corrected chi connectivity index (χ3v) is 10.1. The molecule has 38 heavy (non-hydrogen) atoms. The van der Waals surface area contributed by atoms with E-state index in [0.29, 0.717) is 30.9 Å². The van der Waals surface area contributed by atoms with Crippen molar-refractivity contribution in [3.63, 3.8) is 0 Å². The molecule has 0 bridgehead atoms. The molecular formula is C35H57NO2. The standard InChI is InChI=1S/C35H57NO2/c1-5-38-34(37)25-29-16-21-33(32(24-29)30-17-19-31(20-18-30)35(2,3)4)36(26-28-14-10-7-11-15-28)23-22-27-12-8-6-9-13-27/h17-20,27-29,32-33H,5-16,21-26H2,1-4H3/t29-,32+,33-/m1/s1. The van der Waals surface area contributed by atoms with E-state index in [1.165, 1.54) is 101 Å². The zero-order valence-corrected chi connectivity index (χ0v) is 25.2. The van der Waals surface area contributed by atoms with Crippen LogP contribution in [0.25, 0.3) is 0 Å². The highest BCUT2D eigenvalue weighted by atomic mass is 16.5. The predicted octanol–water partition coefficient (Wildman–Crippen LogP) is 9.04. The molecule has 0 heterocycles. The van der Waals surface area contributed by atoms with Crippen molar-refractivity contribution < 1.29 is 9.53 Å². The molecule has 3 nitrogen and oxygen atoms in total. The van der Waals surface area contributed by atoms with Gasteiger partial charge in [-0.05, 0) is 92.2 Å². The van der Waals surface area contributed by atoms with Crippen molar-refractivity contribution in [1.82, 2.24) is 4.90 Å². The minimum absolute atomic E-state index is 0.00543. The molecule has 3 aliphatic carbocycles. The van der Waals surface area contributed by atoms with E-state index in [0.717, 1.165) is 24.7 Å². The number of rotatable bonds is 10. The van der Waals surface area contributed by atoms with Gasteiger partial charge in [0.15, 0.2) is 0 Å². The van der Waals surface area contributed by atoms with E-state index >= 15 is 0 Å². The minimum Gasteiger partial charge on any atom is -0.466 e. The van der Waals surface area contributed by atoms with Gasteiger partial charge < -0.3 is 4.74 Å². The van der Waals surface area contributed by atoms with Gasteiger partial charge >= 0.3 is 5.97 Å². The number of hydrogen-bond donors (Lipinski definition) is 0. The van der Waals surface area contributed by atoms with Crippen molar-refractivity contribution in [2.45, 2.75) is 141 Å². The number of ether oxygens (including phenoxy) is 1. The fraction of sp³-hybridized carbons (Fsp3) is 0.800. The van der Waals surface area contributed by atoms with Crippen LogP contribution in [0.4, 0.5) is 0 Å². The van der Waals surface area contributed by atoms with Crippen molar-refractivity contribution in [3.05, 3.63) is 35.4 Å². The molecule has 0 radical (unpaired) electrons. The van der Waals surface area contributed by atoms with Crippen LogP contribution in [0.2, 0.25) is 0 Å². The van der Waals surface area contributed by atoms with Crippen LogP contribution in [0.1, 0.15) is 141 Å². The monoisotopic (exact) mass is 523 g/mol. The van der Waals surface area contributed by atoms with Crippen molar-refractivity contribution in [2.75, 3.05) is 19.7 Å². The molecule has 3 saturated carbocycles. The maximum atomic E-state index is 12.4. The average Bonchev–Trinajstić information content (AvgIpc) is 2.92. The van der Waals surface area contributed by atoms with Crippen LogP contribution in [0.3, 0.4) is 0 Å². The molecular weight excluding hydrogens is 466 g/mol. The molecule has 0 aliphatic heterocycles. The molecule has 3 heteroatoms. The van der Waals surface area contributed by atoms with Crippen molar-refractivity contribution in [3.8, 4) is 0 Å². The third kappa shape index (κ3) is 8.57. The van der Waals surface area contributed by atoms with Gasteiger partial charge in [0, 0.05) is 19.0 Å². The summed E-state index contributed by atoms with van der Waals surface area (Å²) in [6.07, 6.45) is 19.8. The van der Waals surface area contributed by atoms with E-state index in [-0.39, 0.29) is 11.4 Å². The molecule has 1 aromatic rings. The second kappa shape index (κ2) is 14.3. The largest absolute Gasteiger partial charge is 0.466 e. The molecule has 3 aliphatic rings. The zero-order chi connectivity index (χ0) is 27.0. The van der Waals surface area contributed by atoms with E-state index in [4.69, 9.17) is 4.74 Å². The Bertz CT molecular complexity index is 828. The molecule has 0 aromatic heterocycles. The van der Waals surface area contributed by atoms with Crippen LogP contribution in [0.5, 0.6) is 0 Å². The van der Waals surface area contributed by atoms with Gasteiger partial charge in [0.2, 0.25) is 0 Å². The fourth-order valence-electron chi connectivity index (χ4n) is 7.83. The van der Waals surface area contributed by atoms with Crippen LogP contribution in [-0.2, 0) is 14.9 Å². The van der Waals surface area contributed by atoms with Gasteiger partial charge in [0.25, 0.3) is 0 Å². The van der Waals surface area contributed by atoms with Crippen LogP contribution in [0, 0.1) is 17.8 Å². The van der Waals surface area contributed by atoms with E-state index in [1.807, 2.05) is 6.92 Å². The van der Waals surface area contributed by atoms with Gasteiger partial charge in [-0.15, -0.1) is 0 Å². The lowest BCUT2D eigenvalue weighted by atomic mass is 9.72. The van der Waals surface area contributed by atoms with Crippen LogP contribution in [-0.4, -0.2) is 36.6 Å². The second-order valence-electron chi connectivity index (χ2n) is 14.0. The van der Waals surface area contributed by atoms with Crippen molar-refractivity contribution in [1.29, 1.82) is 0 Å². The van der Waals surface area contributed by atoms with E-state index in [2.05, 4.69) is 49.9 Å². The number of carbonyl (C=O) groups is 1. The lowest BCUT2D eigenvalue weighted by Gasteiger charge is -2.45. The summed E-state index contributed by atoms with van der Waals surface area (Å²) in [6, 6.07) is 10.2. The first-order chi connectivity index (χ1) is 18.3. The molecule has 4 rings (SSSR count). The first kappa shape index (κ1) is 29.6. The average molecular weight is 524 g/mol. The highest BCUT2D eigenvalue weighted by Gasteiger charge is 2.37. The summed E-state index contributed by atoms with van der Waals surface area (Å²) in [5.74, 6) is 2.74. The lowest BCUT2D eigenvalue weighted by Crippen LogP contribution is -2.46. The van der Waals surface area contributed by atoms with Crippen molar-refractivity contribution in [2.24, 2.45) is 17.8 Å². The SMILES string of the molecule is CCOC(=O)C[C@@H]1CC[C@@H](N(CCC2CCCCC2)CC2CCCCC2)[C@H](c2ccc(C(C)(C)C)cc2)C1. The van der Waals surface area contributed by atoms with Gasteiger partial charge in [-0.25, -0.2) is 0 Å². The third-order valence-electron chi connectivity index (χ3n) is 10.1. The Labute approximate surface area is 234 Å². The molecule has 0 unspecified atom stereocenters. The molecule has 3 atom stereocenters. The maximum Gasteiger partial charge on any atom is 0.306 e. The van der Waals surface area contributed by atoms with Crippen LogP contribution >= 0.6 is 0 Å². The number of hydrogen-bond acceptors (Lipinski definition) is 3. The normalized spacial score (nSPS) is 26.0. The first-order valence-electron chi connectivity index (χ1n) is 16.3. The fourth-order valence-corrected chi connectivity index (χ4v) is 7.83. The number of carbonyl (C=O) groups excluding carboxylic acids is 1. The van der Waals surface area contributed by atoms with Gasteiger partial charge in [-0.1, -0.05) is 96.4 Å². The first-order valence-corrected chi connectivity index (χ1v) is 16.3. The highest BCUT2D eigenvalue weighted by Crippen LogP contribution is 2.42. The lowest BCUT2D eigenvalue weighted by molar-refractivity contribution is -0.144. The Kier molecular flexibility index (Phi) is 11.2. The molecule has 0 spiro atoms. The summed E-state index contributed by atoms with van der Waals surface area (Å²) in [6.45, 7) is 11.9. The quantitative estimate of drug-likeness (QED) is 0.286. The van der Waals surface area contributed by atoms with Crippen LogP contribution in [0.15, 0.2) is 24.3 Å². The van der Waals surface area contributed by atoms with Gasteiger partial charge in [-0.2, -0.15) is 0 Å². The highest BCUT2D eigenvalue weighted by molar-refractivity contribution is 5.69. The van der Waals surface area contributed by atoms with E-state index in [9.17, 15) is 4.79 Å². The number of esters is 1. The summed E-state index contributed by atoms with van der Waals surface area (Å²) in [4.78, 5) is 15.4. The summed E-state index contributed by atoms with van der Waals surface area (Å²) >= 11 is 0. The predicted molar refractivity (Wildman–Crippen MR) is 160 cm³/mol. The molecule has 0 saturated heterocycles. The minimum atomic E-state index is -0.00543. The Morgan fingerprint density at radius 3 is 2.08 bits per heavy atom. The van der Waals surface area contributed by atoms with Gasteiger partial charge in [0.05, 0.1) is 6.61 Å². The molecule has 214 valence electrons. The smallest absolute Gasteiger partial charge is 0.306 e.